The van der Waals surface area contributed by atoms with Crippen LogP contribution in [0.15, 0.2) is 0 Å². The predicted molar refractivity (Wildman–Crippen MR) is 46.6 cm³/mol. The first-order valence-electron chi connectivity index (χ1n) is 3.71. The first-order valence-corrected chi connectivity index (χ1v) is 4.23. The number of rotatable bonds is 4. The van der Waals surface area contributed by atoms with Crippen molar-refractivity contribution in [1.29, 1.82) is 0 Å². The van der Waals surface area contributed by atoms with Crippen LogP contribution in [0.2, 0.25) is 0 Å². The minimum Gasteiger partial charge on any atom is -0.434 e. The molecule has 0 aromatic rings. The van der Waals surface area contributed by atoms with Gasteiger partial charge in [-0.25, -0.2) is 0 Å². The van der Waals surface area contributed by atoms with Crippen LogP contribution in [0.1, 0.15) is 19.8 Å². The van der Waals surface area contributed by atoms with Crippen LogP contribution in [0, 0.1) is 13.0 Å². The molecule has 1 atom stereocenters. The molecule has 60 valence electrons. The van der Waals surface area contributed by atoms with Crippen LogP contribution >= 0.6 is 9.39 Å². The van der Waals surface area contributed by atoms with Gasteiger partial charge in [0.15, 0.2) is 0 Å². The Balaban J connectivity index is 0.000001000. The van der Waals surface area contributed by atoms with E-state index in [9.17, 15) is 0 Å². The molecule has 0 N–H and O–H groups in total. The molecular weight excluding hydrogens is 182 g/mol. The molecule has 1 rings (SSSR count). The molecule has 0 amide bonds. The summed E-state index contributed by atoms with van der Waals surface area (Å²) in [4.78, 5) is 2.30. The topological polar surface area (TPSA) is 6.48 Å². The van der Waals surface area contributed by atoms with Gasteiger partial charge >= 0.3 is 51.4 Å². The van der Waals surface area contributed by atoms with Gasteiger partial charge in [-0.2, -0.15) is 6.42 Å². The van der Waals surface area contributed by atoms with Gasteiger partial charge in [0.1, 0.15) is 0 Å². The van der Waals surface area contributed by atoms with E-state index in [1.54, 1.807) is 0 Å². The smallest absolute Gasteiger partial charge is 0.434 e. The summed E-state index contributed by atoms with van der Waals surface area (Å²) in [6.45, 7) is 6.57. The van der Waals surface area contributed by atoms with E-state index >= 15 is 0 Å². The third-order valence-corrected chi connectivity index (χ3v) is 1.87. The first kappa shape index (κ1) is 13.0. The molecule has 1 aliphatic heterocycles. The van der Waals surface area contributed by atoms with Gasteiger partial charge in [0.2, 0.25) is 0 Å². The summed E-state index contributed by atoms with van der Waals surface area (Å²) in [5.41, 5.74) is 0. The fraction of sp³-hybridized carbons (Fsp3) is 0.714. The maximum absolute atomic E-state index is 2.68. The van der Waals surface area contributed by atoms with Crippen molar-refractivity contribution < 1.29 is 51.4 Å². The van der Waals surface area contributed by atoms with E-state index in [1.807, 2.05) is 0 Å². The van der Waals surface area contributed by atoms with Gasteiger partial charge in [0, 0.05) is 13.3 Å². The minimum absolute atomic E-state index is 0. The van der Waals surface area contributed by atoms with Crippen molar-refractivity contribution in [1.82, 2.24) is 9.57 Å². The maximum atomic E-state index is 2.68. The Kier molecular flexibility index (Phi) is 8.73. The van der Waals surface area contributed by atoms with Crippen molar-refractivity contribution in [3.8, 4) is 0 Å². The van der Waals surface area contributed by atoms with Crippen molar-refractivity contribution in [2.75, 3.05) is 13.3 Å². The molecule has 0 bridgehead atoms. The largest absolute Gasteiger partial charge is 1.00 e. The average Bonchev–Trinajstić information content (AvgIpc) is 1.85. The van der Waals surface area contributed by atoms with E-state index in [0.717, 1.165) is 19.8 Å². The zero-order valence-electron chi connectivity index (χ0n) is 7.45. The summed E-state index contributed by atoms with van der Waals surface area (Å²) in [6, 6.07) is 0. The fourth-order valence-corrected chi connectivity index (χ4v) is 1.35. The number of nitrogens with zero attached hydrogens (tertiary/aromatic N) is 2. The van der Waals surface area contributed by atoms with E-state index in [0.29, 0.717) is 0 Å². The van der Waals surface area contributed by atoms with Gasteiger partial charge in [0.25, 0.3) is 0 Å². The van der Waals surface area contributed by atoms with Crippen molar-refractivity contribution in [2.45, 2.75) is 19.8 Å². The molecule has 1 aliphatic rings. The molecule has 0 saturated carbocycles. The van der Waals surface area contributed by atoms with Crippen molar-refractivity contribution in [3.05, 3.63) is 13.0 Å². The molecule has 11 heavy (non-hydrogen) atoms. The molecular formula is C7H15KN2P-. The summed E-state index contributed by atoms with van der Waals surface area (Å²) >= 11 is 0. The maximum Gasteiger partial charge on any atom is 1.00 e. The summed E-state index contributed by atoms with van der Waals surface area (Å²) in [5.74, 6) is 0. The first-order chi connectivity index (χ1) is 4.83. The Morgan fingerprint density at radius 1 is 1.45 bits per heavy atom. The van der Waals surface area contributed by atoms with E-state index in [-0.39, 0.29) is 51.4 Å². The molecule has 0 radical (unpaired) electrons. The van der Waals surface area contributed by atoms with Gasteiger partial charge in [0.05, 0.1) is 0 Å². The molecule has 1 unspecified atom stereocenters. The third-order valence-electron chi connectivity index (χ3n) is 1.55. The third kappa shape index (κ3) is 5.32. The summed E-state index contributed by atoms with van der Waals surface area (Å²) in [5, 5.41) is 0. The summed E-state index contributed by atoms with van der Waals surface area (Å²) < 4.78 is 2.20. The Morgan fingerprint density at radius 3 is 2.55 bits per heavy atom. The van der Waals surface area contributed by atoms with Crippen LogP contribution in [0.25, 0.3) is 0 Å². The molecule has 1 saturated heterocycles. The van der Waals surface area contributed by atoms with Crippen LogP contribution in [0.5, 0.6) is 0 Å². The standard InChI is InChI=1S/C7H15N2P.K/c1-2-3-4-5-8-6-9(10)7-8;/h3,5H,2,4,6-7,10H2,1H3;/q-2;+1. The van der Waals surface area contributed by atoms with E-state index in [4.69, 9.17) is 0 Å². The predicted octanol–water partition coefficient (Wildman–Crippen LogP) is -1.52. The van der Waals surface area contributed by atoms with Crippen molar-refractivity contribution in [2.24, 2.45) is 0 Å². The molecule has 0 aliphatic carbocycles. The normalized spacial score (nSPS) is 19.1. The van der Waals surface area contributed by atoms with Crippen LogP contribution in [-0.2, 0) is 0 Å². The van der Waals surface area contributed by atoms with Gasteiger partial charge in [-0.3, -0.25) is 17.6 Å². The Hall–Kier alpha value is 1.99. The Labute approximate surface area is 115 Å². The average molecular weight is 197 g/mol. The van der Waals surface area contributed by atoms with Gasteiger partial charge in [-0.1, -0.05) is 16.3 Å². The molecule has 0 spiro atoms. The molecule has 0 aromatic carbocycles. The van der Waals surface area contributed by atoms with E-state index < -0.39 is 0 Å². The van der Waals surface area contributed by atoms with Crippen LogP contribution < -0.4 is 51.4 Å². The molecule has 1 fully saturated rings. The second-order valence-corrected chi connectivity index (χ2v) is 3.31. The summed E-state index contributed by atoms with van der Waals surface area (Å²) in [6.07, 6.45) is 4.58. The van der Waals surface area contributed by atoms with Gasteiger partial charge < -0.3 is 11.3 Å². The molecule has 0 aromatic heterocycles. The van der Waals surface area contributed by atoms with E-state index in [2.05, 4.69) is 38.9 Å². The van der Waals surface area contributed by atoms with Crippen LogP contribution in [0.3, 0.4) is 0 Å². The number of unbranched alkanes of at least 4 members (excludes halogenated alkanes) is 2. The molecule has 1 heterocycles. The monoisotopic (exact) mass is 197 g/mol. The van der Waals surface area contributed by atoms with Gasteiger partial charge in [-0.15, -0.1) is 0 Å². The summed E-state index contributed by atoms with van der Waals surface area (Å²) in [7, 11) is 2.68. The minimum atomic E-state index is 0. The van der Waals surface area contributed by atoms with E-state index in [1.165, 1.54) is 6.42 Å². The second-order valence-electron chi connectivity index (χ2n) is 2.58. The Morgan fingerprint density at radius 2 is 2.09 bits per heavy atom. The zero-order valence-corrected chi connectivity index (χ0v) is 11.7. The van der Waals surface area contributed by atoms with Crippen LogP contribution in [0.4, 0.5) is 0 Å². The zero-order chi connectivity index (χ0) is 7.40. The molecule has 4 heteroatoms. The van der Waals surface area contributed by atoms with Crippen molar-refractivity contribution in [3.63, 3.8) is 0 Å². The molecule has 2 nitrogen and oxygen atoms in total. The van der Waals surface area contributed by atoms with Gasteiger partial charge in [-0.05, 0) is 0 Å². The van der Waals surface area contributed by atoms with Crippen molar-refractivity contribution >= 4 is 9.39 Å². The Bertz CT molecular complexity index is 96.4. The SMILES string of the molecule is CC[CH-]C[CH-]N1CN(P)C1.[K+]. The quantitative estimate of drug-likeness (QED) is 0.234. The number of hydrogen-bond donors (Lipinski definition) is 0. The fourth-order valence-electron chi connectivity index (χ4n) is 0.931. The van der Waals surface area contributed by atoms with Crippen LogP contribution in [-0.4, -0.2) is 22.9 Å². The number of hydrogen-bond acceptors (Lipinski definition) is 2. The second kappa shape index (κ2) is 7.40.